The molecule has 0 aliphatic carbocycles. The van der Waals surface area contributed by atoms with Crippen LogP contribution in [0.5, 0.6) is 0 Å². The van der Waals surface area contributed by atoms with Gasteiger partial charge in [0.05, 0.1) is 0 Å². The largest absolute Gasteiger partial charge is 0.328 e. The van der Waals surface area contributed by atoms with E-state index < -0.39 is 5.09 Å². The Morgan fingerprint density at radius 2 is 1.80 bits per heavy atom. The van der Waals surface area contributed by atoms with E-state index >= 15 is 0 Å². The van der Waals surface area contributed by atoms with E-state index in [9.17, 15) is 0 Å². The molecular formula is HLrNO3. The van der Waals surface area contributed by atoms with Crippen molar-refractivity contribution in [2.75, 3.05) is 0 Å². The molecule has 0 atom stereocenters. The van der Waals surface area contributed by atoms with Gasteiger partial charge in [-0.3, -0.25) is 0 Å². The molecule has 0 unspecified atom stereocenters. The third kappa shape index (κ3) is 0.0272. The summed E-state index contributed by atoms with van der Waals surface area (Å²) in [4.78, 5) is 8.36. The summed E-state index contributed by atoms with van der Waals surface area (Å²) >= 11 is 0. The molecular weight excluding hydrogens is 324 g/mol. The zero-order valence-corrected chi connectivity index (χ0v) is 4.12. The number of hydrogen-bond donors (Lipinski definition) is 1. The summed E-state index contributed by atoms with van der Waals surface area (Å²) in [6.45, 7) is 0. The Morgan fingerprint density at radius 3 is 1.80 bits per heavy atom. The van der Waals surface area contributed by atoms with Gasteiger partial charge >= 0.3 is 0 Å². The molecule has 0 aromatic rings. The van der Waals surface area contributed by atoms with E-state index in [1.807, 2.05) is 0 Å². The predicted octanol–water partition coefficient (Wildman–Crippen LogP) is -0.348. The van der Waals surface area contributed by atoms with E-state index in [2.05, 4.69) is 0 Å². The van der Waals surface area contributed by atoms with Crippen LogP contribution in [0.4, 0.5) is 0 Å². The van der Waals surface area contributed by atoms with Gasteiger partial charge in [-0.1, -0.05) is 0 Å². The fraction of sp³-hybridized carbons (Fsp3) is 0. The molecule has 0 aliphatic rings. The fourth-order valence-corrected chi connectivity index (χ4v) is 0. The molecule has 1 N–H and O–H groups in total. The summed E-state index contributed by atoms with van der Waals surface area (Å²) in [6.07, 6.45) is 0. The van der Waals surface area contributed by atoms with Crippen molar-refractivity contribution < 1.29 is 10.3 Å². The first kappa shape index (κ1) is 10.8. The molecule has 0 fully saturated rings. The quantitative estimate of drug-likeness (QED) is 0.489. The van der Waals surface area contributed by atoms with Crippen molar-refractivity contribution in [3.05, 3.63) is 10.1 Å². The molecule has 0 aromatic carbocycles. The number of hydrogen-bond acceptors (Lipinski definition) is 2. The van der Waals surface area contributed by atoms with E-state index in [1.165, 1.54) is 0 Å². The van der Waals surface area contributed by atoms with Crippen LogP contribution in [0.2, 0.25) is 0 Å². The first-order valence-corrected chi connectivity index (χ1v) is 0.565. The van der Waals surface area contributed by atoms with E-state index in [1.54, 1.807) is 0 Å². The molecule has 0 heterocycles. The van der Waals surface area contributed by atoms with Crippen molar-refractivity contribution in [3.63, 3.8) is 0 Å². The summed E-state index contributed by atoms with van der Waals surface area (Å²) < 4.78 is 0. The van der Waals surface area contributed by atoms with Crippen LogP contribution in [-0.2, 0) is 0 Å². The second-order valence-electron chi connectivity index (χ2n) is 0.238. The molecule has 0 saturated carbocycles. The Hall–Kier alpha value is -1.80. The van der Waals surface area contributed by atoms with Crippen LogP contribution in [0, 0.1) is 10.1 Å². The molecule has 0 rings (SSSR count). The maximum absolute atomic E-state index is 8.36. The molecule has 4 nitrogen and oxygen atoms in total. The van der Waals surface area contributed by atoms with E-state index in [4.69, 9.17) is 15.3 Å². The normalized spacial score (nSPS) is 4.80. The minimum atomic E-state index is -1.50. The van der Waals surface area contributed by atoms with Gasteiger partial charge in [0.2, 0.25) is 0 Å². The van der Waals surface area contributed by atoms with Crippen molar-refractivity contribution in [3.8, 4) is 0 Å². The van der Waals surface area contributed by atoms with E-state index in [-0.39, 0.29) is 0 Å². The monoisotopic (exact) mass is 325 g/mol. The van der Waals surface area contributed by atoms with Crippen molar-refractivity contribution in [2.24, 2.45) is 0 Å². The summed E-state index contributed by atoms with van der Waals surface area (Å²) in [5.41, 5.74) is 0. The van der Waals surface area contributed by atoms with Crippen molar-refractivity contribution in [1.29, 1.82) is 0 Å². The minimum Gasteiger partial charge on any atom is -0.328 e. The van der Waals surface area contributed by atoms with Crippen molar-refractivity contribution in [2.45, 2.75) is 0 Å². The van der Waals surface area contributed by atoms with Crippen LogP contribution in [-0.4, -0.2) is 10.3 Å². The Balaban J connectivity index is 0. The third-order valence-electron chi connectivity index (χ3n) is 0. The van der Waals surface area contributed by atoms with Crippen LogP contribution in [0.25, 0.3) is 0 Å². The summed E-state index contributed by atoms with van der Waals surface area (Å²) in [5, 5.41) is 13.6. The molecule has 5 heteroatoms. The Kier molecular flexibility index (Phi) is 4.73. The molecule has 39 valence electrons. The molecule has 0 amide bonds. The Morgan fingerprint density at radius 1 is 1.80 bits per heavy atom. The van der Waals surface area contributed by atoms with Gasteiger partial charge in [-0.15, -0.1) is 10.1 Å². The first-order valence-electron chi connectivity index (χ1n) is 0.565. The van der Waals surface area contributed by atoms with Gasteiger partial charge in [0, 0.05) is 0 Å². The maximum atomic E-state index is 8.36. The topological polar surface area (TPSA) is 63.4 Å². The van der Waals surface area contributed by atoms with Crippen molar-refractivity contribution >= 4 is 0 Å². The zero-order valence-electron chi connectivity index (χ0n) is 1.97. The van der Waals surface area contributed by atoms with Crippen LogP contribution in [0.1, 0.15) is 0 Å². The Bertz CT molecular complexity index is 29.9. The molecule has 5 heavy (non-hydrogen) atoms. The van der Waals surface area contributed by atoms with Crippen LogP contribution < -0.4 is 0 Å². The Labute approximate surface area is 21.8 Å². The van der Waals surface area contributed by atoms with Gasteiger partial charge in [0.1, 0.15) is 0 Å². The van der Waals surface area contributed by atoms with Crippen LogP contribution in [0.15, 0.2) is 0 Å². The van der Waals surface area contributed by atoms with E-state index in [0.29, 0.717) is 0 Å². The molecule has 0 bridgehead atoms. The zero-order chi connectivity index (χ0) is 3.58. The van der Waals surface area contributed by atoms with Gasteiger partial charge < -0.3 is 5.21 Å². The second kappa shape index (κ2) is 2.20. The van der Waals surface area contributed by atoms with Gasteiger partial charge in [-0.05, 0) is 0 Å². The van der Waals surface area contributed by atoms with E-state index in [0.717, 1.165) is 0 Å². The minimum absolute atomic E-state index is 0. The smallest absolute Gasteiger partial charge is 0.291 e. The van der Waals surface area contributed by atoms with Crippen LogP contribution in [0.3, 0.4) is 0 Å². The summed E-state index contributed by atoms with van der Waals surface area (Å²) in [5.74, 6) is 0. The standard InChI is InChI=1S/Lr.HNO3/c;2-1(3)4/h;(H,2,3,4). The van der Waals surface area contributed by atoms with Gasteiger partial charge in [-0.25, -0.2) is 0 Å². The fourth-order valence-electron chi connectivity index (χ4n) is 0. The van der Waals surface area contributed by atoms with Crippen LogP contribution >= 0.6 is 0 Å². The van der Waals surface area contributed by atoms with Gasteiger partial charge in [-0.2, -0.15) is 0 Å². The number of rotatable bonds is 0. The summed E-state index contributed by atoms with van der Waals surface area (Å²) in [7, 11) is 0. The first-order chi connectivity index (χ1) is 1.73. The third-order valence-corrected chi connectivity index (χ3v) is 0. The SMILES string of the molecule is O=[N+]([O-])O.[Lr]. The second-order valence-corrected chi connectivity index (χ2v) is 0.238. The van der Waals surface area contributed by atoms with Gasteiger partial charge in [0.25, 0.3) is 5.09 Å². The maximum Gasteiger partial charge on any atom is 0.291 e. The van der Waals surface area contributed by atoms with Crippen molar-refractivity contribution in [1.82, 2.24) is 0 Å². The average Bonchev–Trinajstić information content (AvgIpc) is 0.811. The number of nitrogens with zero attached hydrogens (tertiary/aromatic N) is 1. The van der Waals surface area contributed by atoms with Gasteiger partial charge in [0.15, 0.2) is 0 Å². The molecule has 0 aromatic heterocycles. The molecule has 0 spiro atoms. The summed E-state index contributed by atoms with van der Waals surface area (Å²) in [6, 6.07) is 0. The predicted molar refractivity (Wildman–Crippen MR) is 8.78 cm³/mol. The molecule has 0 aliphatic heterocycles. The average molecular weight is 325 g/mol. The molecule has 0 saturated heterocycles. The molecule has 1 radical (unpaired) electrons.